The molecule has 0 spiro atoms. The van der Waals surface area contributed by atoms with E-state index in [0.717, 1.165) is 6.07 Å². The number of ether oxygens (including phenoxy) is 1. The second kappa shape index (κ2) is 9.20. The van der Waals surface area contributed by atoms with Gasteiger partial charge in [-0.05, 0) is 28.6 Å². The number of piperazine rings is 1. The van der Waals surface area contributed by atoms with Crippen molar-refractivity contribution in [3.63, 3.8) is 0 Å². The molecule has 0 bridgehead atoms. The summed E-state index contributed by atoms with van der Waals surface area (Å²) in [6, 6.07) is 7.53. The molecule has 5 rings (SSSR count). The Morgan fingerprint density at radius 1 is 1.21 bits per heavy atom. The number of carbonyl (C=O) groups excluding carboxylic acids is 1. The Labute approximate surface area is 193 Å². The number of nitrogens with zero attached hydrogens (tertiary/aromatic N) is 8. The van der Waals surface area contributed by atoms with E-state index in [9.17, 15) is 13.6 Å². The number of aromatic nitrogens is 5. The molecule has 2 atom stereocenters. The summed E-state index contributed by atoms with van der Waals surface area (Å²) in [5.74, 6) is -1.80. The Morgan fingerprint density at radius 2 is 2.09 bits per heavy atom. The zero-order valence-electron chi connectivity index (χ0n) is 18.0. The first-order valence-electron chi connectivity index (χ1n) is 10.7. The van der Waals surface area contributed by atoms with Gasteiger partial charge in [-0.1, -0.05) is 6.07 Å². The summed E-state index contributed by atoms with van der Waals surface area (Å²) in [6.07, 6.45) is 2.64. The summed E-state index contributed by atoms with van der Waals surface area (Å²) in [5.41, 5.74) is 0.914. The van der Waals surface area contributed by atoms with Crippen LogP contribution in [0.25, 0.3) is 5.69 Å². The van der Waals surface area contributed by atoms with Gasteiger partial charge < -0.3 is 9.64 Å². The number of carbonyl (C=O) groups is 1. The fourth-order valence-corrected chi connectivity index (χ4v) is 4.32. The zero-order chi connectivity index (χ0) is 23.7. The van der Waals surface area contributed by atoms with Crippen molar-refractivity contribution in [2.45, 2.75) is 18.6 Å². The summed E-state index contributed by atoms with van der Waals surface area (Å²) >= 11 is 0. The molecule has 34 heavy (non-hydrogen) atoms. The van der Waals surface area contributed by atoms with Crippen LogP contribution in [0.3, 0.4) is 0 Å². The molecule has 2 aliphatic heterocycles. The second-order valence-corrected chi connectivity index (χ2v) is 8.19. The third kappa shape index (κ3) is 4.23. The third-order valence-electron chi connectivity index (χ3n) is 6.18. The molecule has 2 saturated heterocycles. The van der Waals surface area contributed by atoms with Crippen LogP contribution in [-0.4, -0.2) is 79.7 Å². The molecule has 2 aliphatic rings. The molecule has 2 aromatic heterocycles. The summed E-state index contributed by atoms with van der Waals surface area (Å²) in [6.45, 7) is 2.33. The van der Waals surface area contributed by atoms with Gasteiger partial charge in [0.15, 0.2) is 0 Å². The fourth-order valence-electron chi connectivity index (χ4n) is 4.32. The van der Waals surface area contributed by atoms with Crippen molar-refractivity contribution in [2.24, 2.45) is 0 Å². The van der Waals surface area contributed by atoms with Gasteiger partial charge in [0.05, 0.1) is 37.1 Å². The van der Waals surface area contributed by atoms with Crippen LogP contribution in [-0.2, 0) is 16.0 Å². The summed E-state index contributed by atoms with van der Waals surface area (Å²) < 4.78 is 35.6. The quantitative estimate of drug-likeness (QED) is 0.561. The number of morpholine rings is 1. The van der Waals surface area contributed by atoms with Crippen molar-refractivity contribution in [3.05, 3.63) is 65.2 Å². The number of halogens is 2. The summed E-state index contributed by atoms with van der Waals surface area (Å²) in [4.78, 5) is 21.1. The molecule has 0 aliphatic carbocycles. The molecular formula is C22H20F2N8O2. The lowest BCUT2D eigenvalue weighted by molar-refractivity contribution is -0.139. The number of amides is 1. The van der Waals surface area contributed by atoms with Gasteiger partial charge in [0.1, 0.15) is 29.6 Å². The van der Waals surface area contributed by atoms with Crippen LogP contribution in [0.1, 0.15) is 22.9 Å². The molecule has 12 heteroatoms. The highest BCUT2D eigenvalue weighted by Crippen LogP contribution is 2.30. The number of fused-ring (bicyclic) bond motifs is 1. The standard InChI is InChI=1S/C22H20F2N8O2/c23-19-4-3-17(22(24)18(19)8-25)20-11-30-5-6-31(10-16(30)12-34-20)21(33)7-14-1-2-15(9-26-14)32-13-27-28-29-32/h1-4,9,13,16,20H,5-7,10-12H2. The Kier molecular flexibility index (Phi) is 5.95. The predicted octanol–water partition coefficient (Wildman–Crippen LogP) is 1.03. The maximum atomic E-state index is 14.6. The van der Waals surface area contributed by atoms with Gasteiger partial charge in [-0.2, -0.15) is 9.94 Å². The second-order valence-electron chi connectivity index (χ2n) is 8.19. The number of pyridine rings is 1. The van der Waals surface area contributed by atoms with E-state index in [1.54, 1.807) is 29.3 Å². The smallest absolute Gasteiger partial charge is 0.228 e. The van der Waals surface area contributed by atoms with Crippen molar-refractivity contribution in [2.75, 3.05) is 32.8 Å². The lowest BCUT2D eigenvalue weighted by Crippen LogP contribution is -2.59. The van der Waals surface area contributed by atoms with Crippen LogP contribution in [0, 0.1) is 23.0 Å². The van der Waals surface area contributed by atoms with E-state index in [-0.39, 0.29) is 23.9 Å². The number of benzene rings is 1. The van der Waals surface area contributed by atoms with Crippen molar-refractivity contribution < 1.29 is 18.3 Å². The molecular weight excluding hydrogens is 446 g/mol. The maximum absolute atomic E-state index is 14.6. The van der Waals surface area contributed by atoms with Gasteiger partial charge in [-0.15, -0.1) is 5.10 Å². The SMILES string of the molecule is N#Cc1c(F)ccc(C2CN3CCN(C(=O)Cc4ccc(-n5cnnn5)cn4)CC3CO2)c1F. The number of hydrogen-bond donors (Lipinski definition) is 0. The largest absolute Gasteiger partial charge is 0.370 e. The highest BCUT2D eigenvalue weighted by Gasteiger charge is 2.36. The van der Waals surface area contributed by atoms with E-state index in [0.29, 0.717) is 44.2 Å². The van der Waals surface area contributed by atoms with E-state index in [1.807, 2.05) is 0 Å². The molecule has 10 nitrogen and oxygen atoms in total. The Hall–Kier alpha value is -3.82. The number of nitriles is 1. The van der Waals surface area contributed by atoms with Crippen LogP contribution < -0.4 is 0 Å². The highest BCUT2D eigenvalue weighted by molar-refractivity contribution is 5.78. The molecule has 0 saturated carbocycles. The minimum atomic E-state index is -0.885. The molecule has 174 valence electrons. The van der Waals surface area contributed by atoms with Crippen LogP contribution in [0.15, 0.2) is 36.8 Å². The molecule has 0 N–H and O–H groups in total. The molecule has 0 radical (unpaired) electrons. The van der Waals surface area contributed by atoms with Crippen molar-refractivity contribution in [1.82, 2.24) is 35.0 Å². The Balaban J connectivity index is 1.19. The van der Waals surface area contributed by atoms with Crippen molar-refractivity contribution in [3.8, 4) is 11.8 Å². The average Bonchev–Trinajstić information content (AvgIpc) is 3.39. The van der Waals surface area contributed by atoms with Crippen LogP contribution in [0.5, 0.6) is 0 Å². The topological polar surface area (TPSA) is 113 Å². The third-order valence-corrected chi connectivity index (χ3v) is 6.18. The predicted molar refractivity (Wildman–Crippen MR) is 112 cm³/mol. The van der Waals surface area contributed by atoms with Crippen LogP contribution >= 0.6 is 0 Å². The van der Waals surface area contributed by atoms with Gasteiger partial charge in [0, 0.05) is 37.4 Å². The van der Waals surface area contributed by atoms with Crippen molar-refractivity contribution in [1.29, 1.82) is 5.26 Å². The summed E-state index contributed by atoms with van der Waals surface area (Å²) in [5, 5.41) is 20.0. The zero-order valence-corrected chi connectivity index (χ0v) is 18.0. The molecule has 4 heterocycles. The first-order chi connectivity index (χ1) is 16.5. The van der Waals surface area contributed by atoms with Gasteiger partial charge in [-0.3, -0.25) is 14.7 Å². The average molecular weight is 466 g/mol. The number of rotatable bonds is 4. The molecule has 2 fully saturated rings. The molecule has 2 unspecified atom stereocenters. The number of tetrazole rings is 1. The maximum Gasteiger partial charge on any atom is 0.228 e. The first-order valence-corrected chi connectivity index (χ1v) is 10.7. The minimum absolute atomic E-state index is 0.0250. The molecule has 1 amide bonds. The highest BCUT2D eigenvalue weighted by atomic mass is 19.1. The van der Waals surface area contributed by atoms with Crippen LogP contribution in [0.4, 0.5) is 8.78 Å². The van der Waals surface area contributed by atoms with Crippen molar-refractivity contribution >= 4 is 5.91 Å². The lowest BCUT2D eigenvalue weighted by Gasteiger charge is -2.46. The van der Waals surface area contributed by atoms with Gasteiger partial charge >= 0.3 is 0 Å². The Bertz CT molecular complexity index is 1230. The molecule has 1 aromatic carbocycles. The molecule has 3 aromatic rings. The van der Waals surface area contributed by atoms with Gasteiger partial charge in [-0.25, -0.2) is 8.78 Å². The fraction of sp³-hybridized carbons (Fsp3) is 0.364. The first kappa shape index (κ1) is 22.0. The monoisotopic (exact) mass is 466 g/mol. The van der Waals surface area contributed by atoms with E-state index in [4.69, 9.17) is 10.00 Å². The number of hydrogen-bond acceptors (Lipinski definition) is 8. The van der Waals surface area contributed by atoms with E-state index < -0.39 is 23.3 Å². The summed E-state index contributed by atoms with van der Waals surface area (Å²) in [7, 11) is 0. The van der Waals surface area contributed by atoms with E-state index in [2.05, 4.69) is 25.4 Å². The lowest BCUT2D eigenvalue weighted by atomic mass is 10.0. The van der Waals surface area contributed by atoms with Crippen LogP contribution in [0.2, 0.25) is 0 Å². The van der Waals surface area contributed by atoms with E-state index in [1.165, 1.54) is 17.1 Å². The van der Waals surface area contributed by atoms with Gasteiger partial charge in [0.2, 0.25) is 5.91 Å². The normalized spacial score (nSPS) is 20.6. The van der Waals surface area contributed by atoms with Gasteiger partial charge in [0.25, 0.3) is 0 Å². The van der Waals surface area contributed by atoms with E-state index >= 15 is 0 Å². The Morgan fingerprint density at radius 3 is 2.82 bits per heavy atom. The minimum Gasteiger partial charge on any atom is -0.370 e.